The molecule has 1 aromatic rings. The fourth-order valence-electron chi connectivity index (χ4n) is 0.623. The van der Waals surface area contributed by atoms with Crippen molar-refractivity contribution < 1.29 is 9.90 Å². The molecule has 0 radical (unpaired) electrons. The Balaban J connectivity index is 3.01. The van der Waals surface area contributed by atoms with Gasteiger partial charge in [0, 0.05) is 6.54 Å². The zero-order valence-corrected chi connectivity index (χ0v) is 5.69. The molecule has 0 aliphatic rings. The topological polar surface area (TPSA) is 89.1 Å². The van der Waals surface area contributed by atoms with Crippen LogP contribution < -0.4 is 5.73 Å². The molecule has 5 nitrogen and oxygen atoms in total. The van der Waals surface area contributed by atoms with Gasteiger partial charge in [0.2, 0.25) is 0 Å². The van der Waals surface area contributed by atoms with Gasteiger partial charge in [-0.05, 0) is 11.6 Å². The lowest BCUT2D eigenvalue weighted by molar-refractivity contribution is 0.0689. The molecule has 0 aliphatic carbocycles. The molecular formula is C6H7N3O2. The summed E-state index contributed by atoms with van der Waals surface area (Å²) >= 11 is 0. The van der Waals surface area contributed by atoms with Crippen molar-refractivity contribution in [1.29, 1.82) is 0 Å². The first-order valence-electron chi connectivity index (χ1n) is 2.99. The molecule has 0 saturated heterocycles. The van der Waals surface area contributed by atoms with Crippen LogP contribution in [0.2, 0.25) is 0 Å². The zero-order chi connectivity index (χ0) is 8.27. The molecule has 0 saturated carbocycles. The molecular weight excluding hydrogens is 146 g/mol. The molecule has 0 aromatic carbocycles. The van der Waals surface area contributed by atoms with Crippen molar-refractivity contribution in [3.05, 3.63) is 23.5 Å². The zero-order valence-electron chi connectivity index (χ0n) is 5.69. The van der Waals surface area contributed by atoms with Crippen LogP contribution in [0.25, 0.3) is 0 Å². The number of aromatic nitrogens is 2. The quantitative estimate of drug-likeness (QED) is 0.605. The molecule has 0 aliphatic heterocycles. The lowest BCUT2D eigenvalue weighted by Gasteiger charge is -1.94. The molecule has 1 heterocycles. The van der Waals surface area contributed by atoms with Crippen LogP contribution in [-0.4, -0.2) is 21.3 Å². The number of aromatic carboxylic acids is 1. The third-order valence-corrected chi connectivity index (χ3v) is 1.17. The summed E-state index contributed by atoms with van der Waals surface area (Å²) in [6.45, 7) is 0.274. The summed E-state index contributed by atoms with van der Waals surface area (Å²) in [5.74, 6) is -1.09. The second kappa shape index (κ2) is 3.07. The van der Waals surface area contributed by atoms with E-state index in [9.17, 15) is 4.79 Å². The summed E-state index contributed by atoms with van der Waals surface area (Å²) in [5.41, 5.74) is 5.85. The van der Waals surface area contributed by atoms with Crippen LogP contribution in [0.4, 0.5) is 0 Å². The maximum Gasteiger partial charge on any atom is 0.356 e. The highest BCUT2D eigenvalue weighted by atomic mass is 16.4. The molecule has 1 aromatic heterocycles. The van der Waals surface area contributed by atoms with Crippen LogP contribution in [0.5, 0.6) is 0 Å². The molecule has 3 N–H and O–H groups in total. The van der Waals surface area contributed by atoms with Crippen LogP contribution in [0.1, 0.15) is 16.1 Å². The molecule has 0 bridgehead atoms. The van der Waals surface area contributed by atoms with Crippen LogP contribution >= 0.6 is 0 Å². The number of nitrogens with two attached hydrogens (primary N) is 1. The van der Waals surface area contributed by atoms with Crippen molar-refractivity contribution in [2.75, 3.05) is 0 Å². The Morgan fingerprint density at radius 1 is 1.73 bits per heavy atom. The van der Waals surface area contributed by atoms with Gasteiger partial charge in [0.1, 0.15) is 0 Å². The van der Waals surface area contributed by atoms with E-state index in [1.165, 1.54) is 12.3 Å². The predicted molar refractivity (Wildman–Crippen MR) is 36.9 cm³/mol. The number of hydrogen-bond donors (Lipinski definition) is 2. The minimum Gasteiger partial charge on any atom is -0.476 e. The highest BCUT2D eigenvalue weighted by Gasteiger charge is 2.04. The fourth-order valence-corrected chi connectivity index (χ4v) is 0.623. The third kappa shape index (κ3) is 1.71. The van der Waals surface area contributed by atoms with Gasteiger partial charge in [0.25, 0.3) is 0 Å². The Morgan fingerprint density at radius 2 is 2.45 bits per heavy atom. The van der Waals surface area contributed by atoms with E-state index in [-0.39, 0.29) is 12.2 Å². The van der Waals surface area contributed by atoms with Crippen LogP contribution in [-0.2, 0) is 6.54 Å². The smallest absolute Gasteiger partial charge is 0.356 e. The highest BCUT2D eigenvalue weighted by molar-refractivity contribution is 5.85. The largest absolute Gasteiger partial charge is 0.476 e. The molecule has 0 amide bonds. The summed E-state index contributed by atoms with van der Waals surface area (Å²) in [6, 6.07) is 1.40. The van der Waals surface area contributed by atoms with Crippen molar-refractivity contribution >= 4 is 5.97 Å². The normalized spacial score (nSPS) is 9.55. The van der Waals surface area contributed by atoms with E-state index in [0.29, 0.717) is 5.56 Å². The first kappa shape index (κ1) is 7.62. The maximum atomic E-state index is 10.3. The maximum absolute atomic E-state index is 10.3. The summed E-state index contributed by atoms with van der Waals surface area (Å²) < 4.78 is 0. The summed E-state index contributed by atoms with van der Waals surface area (Å²) in [6.07, 6.45) is 1.44. The van der Waals surface area contributed by atoms with E-state index < -0.39 is 5.97 Å². The number of carboxylic acid groups (broad SMARTS) is 1. The number of carboxylic acids is 1. The number of rotatable bonds is 2. The molecule has 0 spiro atoms. The Kier molecular flexibility index (Phi) is 2.12. The van der Waals surface area contributed by atoms with E-state index in [0.717, 1.165) is 0 Å². The molecule has 0 unspecified atom stereocenters. The van der Waals surface area contributed by atoms with Gasteiger partial charge in [-0.2, -0.15) is 5.10 Å². The molecule has 11 heavy (non-hydrogen) atoms. The van der Waals surface area contributed by atoms with E-state index >= 15 is 0 Å². The van der Waals surface area contributed by atoms with Gasteiger partial charge in [-0.25, -0.2) is 4.79 Å². The van der Waals surface area contributed by atoms with Gasteiger partial charge in [-0.3, -0.25) is 0 Å². The van der Waals surface area contributed by atoms with Gasteiger partial charge in [-0.15, -0.1) is 5.10 Å². The van der Waals surface area contributed by atoms with Gasteiger partial charge in [0.05, 0.1) is 6.20 Å². The third-order valence-electron chi connectivity index (χ3n) is 1.17. The monoisotopic (exact) mass is 153 g/mol. The van der Waals surface area contributed by atoms with Gasteiger partial charge in [-0.1, -0.05) is 0 Å². The van der Waals surface area contributed by atoms with Gasteiger partial charge >= 0.3 is 5.97 Å². The molecule has 58 valence electrons. The van der Waals surface area contributed by atoms with Crippen molar-refractivity contribution in [1.82, 2.24) is 10.2 Å². The fraction of sp³-hybridized carbons (Fsp3) is 0.167. The highest BCUT2D eigenvalue weighted by Crippen LogP contribution is 1.97. The van der Waals surface area contributed by atoms with E-state index in [4.69, 9.17) is 10.8 Å². The lowest BCUT2D eigenvalue weighted by Crippen LogP contribution is -2.05. The van der Waals surface area contributed by atoms with Crippen LogP contribution in [0.3, 0.4) is 0 Å². The van der Waals surface area contributed by atoms with E-state index in [1.54, 1.807) is 0 Å². The first-order chi connectivity index (χ1) is 5.24. The Bertz CT molecular complexity index is 274. The average molecular weight is 153 g/mol. The average Bonchev–Trinajstić information content (AvgIpc) is 2.05. The van der Waals surface area contributed by atoms with E-state index in [2.05, 4.69) is 10.2 Å². The number of hydrogen-bond acceptors (Lipinski definition) is 4. The standard InChI is InChI=1S/C6H7N3O2/c7-2-4-1-5(6(10)11)9-8-3-4/h1,3H,2,7H2,(H,10,11). The number of carbonyl (C=O) groups is 1. The Hall–Kier alpha value is -1.49. The Labute approximate surface area is 62.9 Å². The molecule has 1 rings (SSSR count). The summed E-state index contributed by atoms with van der Waals surface area (Å²) in [7, 11) is 0. The summed E-state index contributed by atoms with van der Waals surface area (Å²) in [4.78, 5) is 10.3. The molecule has 5 heteroatoms. The SMILES string of the molecule is NCc1cnnc(C(=O)O)c1. The first-order valence-corrected chi connectivity index (χ1v) is 2.99. The van der Waals surface area contributed by atoms with Gasteiger partial charge in [0.15, 0.2) is 5.69 Å². The predicted octanol–water partition coefficient (Wildman–Crippen LogP) is -0.367. The van der Waals surface area contributed by atoms with Gasteiger partial charge < -0.3 is 10.8 Å². The second-order valence-electron chi connectivity index (χ2n) is 1.96. The van der Waals surface area contributed by atoms with E-state index in [1.807, 2.05) is 0 Å². The van der Waals surface area contributed by atoms with Crippen molar-refractivity contribution in [2.24, 2.45) is 5.73 Å². The van der Waals surface area contributed by atoms with Crippen molar-refractivity contribution in [3.8, 4) is 0 Å². The minimum atomic E-state index is -1.09. The minimum absolute atomic E-state index is 0.0760. The van der Waals surface area contributed by atoms with Crippen molar-refractivity contribution in [2.45, 2.75) is 6.54 Å². The van der Waals surface area contributed by atoms with Crippen molar-refractivity contribution in [3.63, 3.8) is 0 Å². The second-order valence-corrected chi connectivity index (χ2v) is 1.96. The summed E-state index contributed by atoms with van der Waals surface area (Å²) in [5, 5.41) is 15.3. The number of nitrogens with zero attached hydrogens (tertiary/aromatic N) is 2. The molecule has 0 fully saturated rings. The lowest BCUT2D eigenvalue weighted by atomic mass is 10.2. The van der Waals surface area contributed by atoms with Crippen LogP contribution in [0, 0.1) is 0 Å². The molecule has 0 atom stereocenters. The van der Waals surface area contributed by atoms with Crippen LogP contribution in [0.15, 0.2) is 12.3 Å². The Morgan fingerprint density at radius 3 is 3.00 bits per heavy atom.